The standard InChI is InChI=1S/C18H14F2N2O3S/c1-22-16(24)13-4-2-3-5-14(13)21-18(22)26-10-15(23)11-6-8-12(9-7-11)25-17(19)20/h2-9,17H,10H2,1H3. The fraction of sp³-hybridized carbons (Fsp3) is 0.167. The van der Waals surface area contributed by atoms with Crippen LogP contribution in [0.2, 0.25) is 0 Å². The van der Waals surface area contributed by atoms with Gasteiger partial charge in [0.25, 0.3) is 5.56 Å². The van der Waals surface area contributed by atoms with Gasteiger partial charge in [-0.05, 0) is 36.4 Å². The van der Waals surface area contributed by atoms with Crippen molar-refractivity contribution in [3.63, 3.8) is 0 Å². The first-order valence-electron chi connectivity index (χ1n) is 7.62. The zero-order chi connectivity index (χ0) is 18.7. The second kappa shape index (κ2) is 7.65. The Hall–Kier alpha value is -2.74. The van der Waals surface area contributed by atoms with Crippen molar-refractivity contribution in [3.8, 4) is 5.75 Å². The SMILES string of the molecule is Cn1c(SCC(=O)c2ccc(OC(F)F)cc2)nc2ccccc2c1=O. The number of aromatic nitrogens is 2. The molecule has 3 aromatic rings. The first-order chi connectivity index (χ1) is 12.5. The third-order valence-corrected chi connectivity index (χ3v) is 4.71. The van der Waals surface area contributed by atoms with E-state index in [1.54, 1.807) is 31.3 Å². The van der Waals surface area contributed by atoms with Crippen LogP contribution in [0.25, 0.3) is 10.9 Å². The zero-order valence-corrected chi connectivity index (χ0v) is 14.5. The average Bonchev–Trinajstić information content (AvgIpc) is 2.63. The van der Waals surface area contributed by atoms with E-state index < -0.39 is 6.61 Å². The van der Waals surface area contributed by atoms with Crippen molar-refractivity contribution in [1.82, 2.24) is 9.55 Å². The third kappa shape index (κ3) is 3.91. The van der Waals surface area contributed by atoms with E-state index in [0.29, 0.717) is 21.6 Å². The molecule has 0 amide bonds. The van der Waals surface area contributed by atoms with E-state index in [0.717, 1.165) is 11.8 Å². The number of halogens is 2. The quantitative estimate of drug-likeness (QED) is 0.374. The van der Waals surface area contributed by atoms with E-state index in [2.05, 4.69) is 9.72 Å². The minimum atomic E-state index is -2.91. The van der Waals surface area contributed by atoms with Gasteiger partial charge in [0.15, 0.2) is 10.9 Å². The largest absolute Gasteiger partial charge is 0.435 e. The summed E-state index contributed by atoms with van der Waals surface area (Å²) in [6.07, 6.45) is 0. The molecule has 8 heteroatoms. The van der Waals surface area contributed by atoms with Gasteiger partial charge >= 0.3 is 6.61 Å². The highest BCUT2D eigenvalue weighted by Gasteiger charge is 2.12. The molecule has 0 saturated carbocycles. The van der Waals surface area contributed by atoms with E-state index >= 15 is 0 Å². The number of carbonyl (C=O) groups excluding carboxylic acids is 1. The lowest BCUT2D eigenvalue weighted by Gasteiger charge is -2.08. The van der Waals surface area contributed by atoms with Crippen molar-refractivity contribution in [3.05, 3.63) is 64.4 Å². The lowest BCUT2D eigenvalue weighted by atomic mass is 10.1. The summed E-state index contributed by atoms with van der Waals surface area (Å²) in [6, 6.07) is 12.5. The summed E-state index contributed by atoms with van der Waals surface area (Å²) in [5.74, 6) is -0.156. The summed E-state index contributed by atoms with van der Waals surface area (Å²) in [6.45, 7) is -2.91. The highest BCUT2D eigenvalue weighted by Crippen LogP contribution is 2.20. The molecule has 5 nitrogen and oxygen atoms in total. The molecule has 0 radical (unpaired) electrons. The van der Waals surface area contributed by atoms with Gasteiger partial charge < -0.3 is 4.74 Å². The third-order valence-electron chi connectivity index (χ3n) is 3.68. The van der Waals surface area contributed by atoms with Crippen LogP contribution in [0.5, 0.6) is 5.75 Å². The van der Waals surface area contributed by atoms with E-state index in [-0.39, 0.29) is 22.8 Å². The first-order valence-corrected chi connectivity index (χ1v) is 8.61. The maximum Gasteiger partial charge on any atom is 0.387 e. The number of thioether (sulfide) groups is 1. The monoisotopic (exact) mass is 376 g/mol. The van der Waals surface area contributed by atoms with Crippen molar-refractivity contribution in [2.24, 2.45) is 7.05 Å². The molecule has 0 bridgehead atoms. The number of para-hydroxylation sites is 1. The molecule has 0 atom stereocenters. The molecule has 0 unspecified atom stereocenters. The molecule has 134 valence electrons. The second-order valence-electron chi connectivity index (χ2n) is 5.39. The van der Waals surface area contributed by atoms with Crippen molar-refractivity contribution in [2.75, 3.05) is 5.75 Å². The predicted molar refractivity (Wildman–Crippen MR) is 95.1 cm³/mol. The van der Waals surface area contributed by atoms with Gasteiger partial charge in [-0.2, -0.15) is 8.78 Å². The van der Waals surface area contributed by atoms with Crippen LogP contribution < -0.4 is 10.3 Å². The number of rotatable bonds is 6. The fourth-order valence-electron chi connectivity index (χ4n) is 2.36. The number of carbonyl (C=O) groups is 1. The predicted octanol–water partition coefficient (Wildman–Crippen LogP) is 3.51. The van der Waals surface area contributed by atoms with Gasteiger partial charge in [0.1, 0.15) is 5.75 Å². The Morgan fingerprint density at radius 3 is 2.58 bits per heavy atom. The van der Waals surface area contributed by atoms with Crippen LogP contribution in [0.4, 0.5) is 8.78 Å². The summed E-state index contributed by atoms with van der Waals surface area (Å²) >= 11 is 1.14. The number of benzene rings is 2. The van der Waals surface area contributed by atoms with Crippen molar-refractivity contribution >= 4 is 28.4 Å². The molecule has 0 N–H and O–H groups in total. The smallest absolute Gasteiger partial charge is 0.387 e. The summed E-state index contributed by atoms with van der Waals surface area (Å²) in [5, 5.41) is 0.944. The maximum absolute atomic E-state index is 12.3. The molecule has 3 rings (SSSR count). The Morgan fingerprint density at radius 2 is 1.88 bits per heavy atom. The van der Waals surface area contributed by atoms with Gasteiger partial charge in [-0.1, -0.05) is 23.9 Å². The number of hydrogen-bond acceptors (Lipinski definition) is 5. The van der Waals surface area contributed by atoms with Gasteiger partial charge in [-0.15, -0.1) is 0 Å². The van der Waals surface area contributed by atoms with E-state index in [9.17, 15) is 18.4 Å². The van der Waals surface area contributed by atoms with Crippen LogP contribution in [-0.2, 0) is 7.05 Å². The number of hydrogen-bond donors (Lipinski definition) is 0. The normalized spacial score (nSPS) is 11.1. The van der Waals surface area contributed by atoms with Gasteiger partial charge in [-0.25, -0.2) is 4.98 Å². The van der Waals surface area contributed by atoms with Gasteiger partial charge in [0, 0.05) is 12.6 Å². The minimum absolute atomic E-state index is 0.0113. The molecule has 1 heterocycles. The average molecular weight is 376 g/mol. The number of Topliss-reactive ketones (excluding diaryl/α,β-unsaturated/α-hetero) is 1. The van der Waals surface area contributed by atoms with Crippen LogP contribution in [0, 0.1) is 0 Å². The summed E-state index contributed by atoms with van der Waals surface area (Å²) < 4.78 is 29.9. The number of nitrogens with zero attached hydrogens (tertiary/aromatic N) is 2. The second-order valence-corrected chi connectivity index (χ2v) is 6.33. The summed E-state index contributed by atoms with van der Waals surface area (Å²) in [5.41, 5.74) is 0.753. The highest BCUT2D eigenvalue weighted by molar-refractivity contribution is 7.99. The van der Waals surface area contributed by atoms with Crippen molar-refractivity contribution in [2.45, 2.75) is 11.8 Å². The van der Waals surface area contributed by atoms with Crippen molar-refractivity contribution < 1.29 is 18.3 Å². The van der Waals surface area contributed by atoms with Gasteiger partial charge in [0.05, 0.1) is 16.7 Å². The Bertz CT molecular complexity index is 1000. The summed E-state index contributed by atoms with van der Waals surface area (Å²) in [7, 11) is 1.60. The summed E-state index contributed by atoms with van der Waals surface area (Å²) in [4.78, 5) is 29.0. The Kier molecular flexibility index (Phi) is 5.32. The lowest BCUT2D eigenvalue weighted by molar-refractivity contribution is -0.0498. The van der Waals surface area contributed by atoms with Gasteiger partial charge in [0.2, 0.25) is 0 Å². The molecule has 2 aromatic carbocycles. The van der Waals surface area contributed by atoms with Gasteiger partial charge in [-0.3, -0.25) is 14.2 Å². The first kappa shape index (κ1) is 18.1. The van der Waals surface area contributed by atoms with Crippen molar-refractivity contribution in [1.29, 1.82) is 0 Å². The highest BCUT2D eigenvalue weighted by atomic mass is 32.2. The molecule has 0 aliphatic carbocycles. The van der Waals surface area contributed by atoms with Crippen LogP contribution in [0.15, 0.2) is 58.5 Å². The van der Waals surface area contributed by atoms with E-state index in [1.807, 2.05) is 0 Å². The molecule has 1 aromatic heterocycles. The van der Waals surface area contributed by atoms with Crippen LogP contribution >= 0.6 is 11.8 Å². The fourth-order valence-corrected chi connectivity index (χ4v) is 3.23. The van der Waals surface area contributed by atoms with Crippen LogP contribution in [0.1, 0.15) is 10.4 Å². The molecular weight excluding hydrogens is 362 g/mol. The zero-order valence-electron chi connectivity index (χ0n) is 13.7. The van der Waals surface area contributed by atoms with E-state index in [4.69, 9.17) is 0 Å². The Labute approximate surface area is 151 Å². The molecule has 0 aliphatic rings. The number of ether oxygens (including phenoxy) is 1. The number of alkyl halides is 2. The Balaban J connectivity index is 1.74. The minimum Gasteiger partial charge on any atom is -0.435 e. The number of ketones is 1. The number of fused-ring (bicyclic) bond motifs is 1. The lowest BCUT2D eigenvalue weighted by Crippen LogP contribution is -2.20. The van der Waals surface area contributed by atoms with Crippen LogP contribution in [0.3, 0.4) is 0 Å². The molecule has 0 spiro atoms. The molecule has 0 saturated heterocycles. The molecule has 0 fully saturated rings. The Morgan fingerprint density at radius 1 is 1.19 bits per heavy atom. The molecule has 0 aliphatic heterocycles. The topological polar surface area (TPSA) is 61.2 Å². The molecular formula is C18H14F2N2O3S. The molecule has 26 heavy (non-hydrogen) atoms. The maximum atomic E-state index is 12.3. The van der Waals surface area contributed by atoms with E-state index in [1.165, 1.54) is 28.8 Å². The van der Waals surface area contributed by atoms with Crippen LogP contribution in [-0.4, -0.2) is 27.7 Å².